The summed E-state index contributed by atoms with van der Waals surface area (Å²) in [5.41, 5.74) is 0. The second kappa shape index (κ2) is 7.70. The molecule has 0 spiro atoms. The van der Waals surface area contributed by atoms with Crippen molar-refractivity contribution >= 4 is 5.97 Å². The molecule has 0 heterocycles. The molecule has 3 heteroatoms. The van der Waals surface area contributed by atoms with E-state index in [0.717, 1.165) is 5.92 Å². The highest BCUT2D eigenvalue weighted by atomic mass is 16.5. The molecule has 0 aromatic heterocycles. The average molecular weight is 241 g/mol. The molecule has 1 aliphatic carbocycles. The van der Waals surface area contributed by atoms with Crippen molar-refractivity contribution in [2.45, 2.75) is 71.4 Å². The summed E-state index contributed by atoms with van der Waals surface area (Å²) in [4.78, 5) is 11.4. The Morgan fingerprint density at radius 3 is 2.71 bits per heavy atom. The lowest BCUT2D eigenvalue weighted by molar-refractivity contribution is -0.143. The molecule has 1 rings (SSSR count). The predicted octanol–water partition coefficient (Wildman–Crippen LogP) is 2.89. The second-order valence-electron chi connectivity index (χ2n) is 5.14. The zero-order chi connectivity index (χ0) is 12.7. The van der Waals surface area contributed by atoms with Crippen LogP contribution in [0.3, 0.4) is 0 Å². The Labute approximate surface area is 105 Å². The lowest BCUT2D eigenvalue weighted by Crippen LogP contribution is -2.44. The van der Waals surface area contributed by atoms with Gasteiger partial charge in [-0.05, 0) is 32.6 Å². The predicted molar refractivity (Wildman–Crippen MR) is 69.9 cm³/mol. The van der Waals surface area contributed by atoms with E-state index < -0.39 is 0 Å². The normalized spacial score (nSPS) is 26.5. The minimum Gasteiger partial charge on any atom is -0.466 e. The van der Waals surface area contributed by atoms with Gasteiger partial charge in [0.05, 0.1) is 13.0 Å². The maximum atomic E-state index is 11.4. The van der Waals surface area contributed by atoms with E-state index in [2.05, 4.69) is 19.2 Å². The highest BCUT2D eigenvalue weighted by Crippen LogP contribution is 2.27. The molecule has 1 N–H and O–H groups in total. The standard InChI is InChI=1S/C14H27NO2/c1-4-12-8-6-7-9-13(12)15-11(3)10-14(16)17-5-2/h11-13,15H,4-10H2,1-3H3. The Morgan fingerprint density at radius 2 is 2.06 bits per heavy atom. The minimum atomic E-state index is -0.0867. The van der Waals surface area contributed by atoms with Gasteiger partial charge in [-0.2, -0.15) is 0 Å². The number of hydrogen-bond acceptors (Lipinski definition) is 3. The van der Waals surface area contributed by atoms with Crippen molar-refractivity contribution in [3.8, 4) is 0 Å². The first-order valence-electron chi connectivity index (χ1n) is 7.09. The van der Waals surface area contributed by atoms with Gasteiger partial charge in [-0.1, -0.05) is 26.2 Å². The third-order valence-electron chi connectivity index (χ3n) is 3.71. The second-order valence-corrected chi connectivity index (χ2v) is 5.14. The van der Waals surface area contributed by atoms with Gasteiger partial charge in [0.15, 0.2) is 0 Å². The van der Waals surface area contributed by atoms with E-state index in [0.29, 0.717) is 19.1 Å². The molecule has 17 heavy (non-hydrogen) atoms. The van der Waals surface area contributed by atoms with Gasteiger partial charge in [-0.25, -0.2) is 0 Å². The van der Waals surface area contributed by atoms with E-state index in [9.17, 15) is 4.79 Å². The SMILES string of the molecule is CCOC(=O)CC(C)NC1CCCCC1CC. The first kappa shape index (κ1) is 14.5. The summed E-state index contributed by atoms with van der Waals surface area (Å²) < 4.78 is 4.98. The zero-order valence-corrected chi connectivity index (χ0v) is 11.5. The first-order valence-corrected chi connectivity index (χ1v) is 7.09. The molecule has 0 aliphatic heterocycles. The molecule has 1 fully saturated rings. The van der Waals surface area contributed by atoms with Crippen LogP contribution in [0.4, 0.5) is 0 Å². The van der Waals surface area contributed by atoms with E-state index in [1.807, 2.05) is 6.92 Å². The molecule has 3 atom stereocenters. The summed E-state index contributed by atoms with van der Waals surface area (Å²) in [6, 6.07) is 0.823. The number of carbonyl (C=O) groups is 1. The number of carbonyl (C=O) groups excluding carboxylic acids is 1. The van der Waals surface area contributed by atoms with Crippen molar-refractivity contribution in [3.63, 3.8) is 0 Å². The molecule has 1 saturated carbocycles. The van der Waals surface area contributed by atoms with Crippen LogP contribution in [0.1, 0.15) is 59.3 Å². The Hall–Kier alpha value is -0.570. The van der Waals surface area contributed by atoms with Crippen molar-refractivity contribution in [1.82, 2.24) is 5.32 Å². The minimum absolute atomic E-state index is 0.0867. The maximum Gasteiger partial charge on any atom is 0.307 e. The van der Waals surface area contributed by atoms with E-state index in [4.69, 9.17) is 4.74 Å². The summed E-state index contributed by atoms with van der Waals surface area (Å²) in [6.07, 6.45) is 7.00. The third-order valence-corrected chi connectivity index (χ3v) is 3.71. The zero-order valence-electron chi connectivity index (χ0n) is 11.5. The number of hydrogen-bond donors (Lipinski definition) is 1. The molecule has 0 radical (unpaired) electrons. The third kappa shape index (κ3) is 5.07. The van der Waals surface area contributed by atoms with Crippen LogP contribution in [0.5, 0.6) is 0 Å². The van der Waals surface area contributed by atoms with Gasteiger partial charge in [0, 0.05) is 12.1 Å². The van der Waals surface area contributed by atoms with Crippen LogP contribution in [-0.4, -0.2) is 24.7 Å². The van der Waals surface area contributed by atoms with Crippen molar-refractivity contribution in [2.75, 3.05) is 6.61 Å². The van der Waals surface area contributed by atoms with Crippen LogP contribution in [0.2, 0.25) is 0 Å². The Kier molecular flexibility index (Phi) is 6.56. The highest BCUT2D eigenvalue weighted by Gasteiger charge is 2.25. The first-order chi connectivity index (χ1) is 8.17. The molecule has 0 aromatic carbocycles. The fourth-order valence-corrected chi connectivity index (χ4v) is 2.81. The topological polar surface area (TPSA) is 38.3 Å². The van der Waals surface area contributed by atoms with Gasteiger partial charge < -0.3 is 10.1 Å². The summed E-state index contributed by atoms with van der Waals surface area (Å²) in [5.74, 6) is 0.699. The van der Waals surface area contributed by atoms with Crippen molar-refractivity contribution in [3.05, 3.63) is 0 Å². The number of ether oxygens (including phenoxy) is 1. The van der Waals surface area contributed by atoms with Gasteiger partial charge in [0.25, 0.3) is 0 Å². The van der Waals surface area contributed by atoms with Gasteiger partial charge in [0.2, 0.25) is 0 Å². The lowest BCUT2D eigenvalue weighted by Gasteiger charge is -2.33. The van der Waals surface area contributed by atoms with E-state index in [1.165, 1.54) is 32.1 Å². The summed E-state index contributed by atoms with van der Waals surface area (Å²) in [5, 5.41) is 3.61. The number of nitrogens with one attached hydrogen (secondary N) is 1. The van der Waals surface area contributed by atoms with E-state index in [1.54, 1.807) is 0 Å². The summed E-state index contributed by atoms with van der Waals surface area (Å²) in [7, 11) is 0. The summed E-state index contributed by atoms with van der Waals surface area (Å²) >= 11 is 0. The quantitative estimate of drug-likeness (QED) is 0.727. The summed E-state index contributed by atoms with van der Waals surface area (Å²) in [6.45, 7) is 6.68. The highest BCUT2D eigenvalue weighted by molar-refractivity contribution is 5.70. The van der Waals surface area contributed by atoms with Crippen LogP contribution >= 0.6 is 0 Å². The van der Waals surface area contributed by atoms with Gasteiger partial charge >= 0.3 is 5.97 Å². The van der Waals surface area contributed by atoms with Gasteiger partial charge in [-0.15, -0.1) is 0 Å². The molecular weight excluding hydrogens is 214 g/mol. The van der Waals surface area contributed by atoms with E-state index >= 15 is 0 Å². The molecule has 0 amide bonds. The van der Waals surface area contributed by atoms with Crippen LogP contribution in [-0.2, 0) is 9.53 Å². The fraction of sp³-hybridized carbons (Fsp3) is 0.929. The number of rotatable bonds is 6. The molecular formula is C14H27NO2. The molecule has 0 bridgehead atoms. The van der Waals surface area contributed by atoms with Crippen molar-refractivity contribution in [1.29, 1.82) is 0 Å². The number of esters is 1. The largest absolute Gasteiger partial charge is 0.466 e. The van der Waals surface area contributed by atoms with Crippen molar-refractivity contribution < 1.29 is 9.53 Å². The smallest absolute Gasteiger partial charge is 0.307 e. The van der Waals surface area contributed by atoms with Crippen LogP contribution in [0, 0.1) is 5.92 Å². The average Bonchev–Trinajstić information content (AvgIpc) is 2.29. The Bertz CT molecular complexity index is 230. The molecule has 3 unspecified atom stereocenters. The lowest BCUT2D eigenvalue weighted by atomic mass is 9.82. The molecule has 0 aromatic rings. The van der Waals surface area contributed by atoms with Crippen LogP contribution < -0.4 is 5.32 Å². The Balaban J connectivity index is 2.33. The molecule has 1 aliphatic rings. The van der Waals surface area contributed by atoms with Crippen LogP contribution in [0.15, 0.2) is 0 Å². The van der Waals surface area contributed by atoms with Gasteiger partial charge in [0.1, 0.15) is 0 Å². The van der Waals surface area contributed by atoms with Crippen molar-refractivity contribution in [2.24, 2.45) is 5.92 Å². The van der Waals surface area contributed by atoms with Crippen LogP contribution in [0.25, 0.3) is 0 Å². The fourth-order valence-electron chi connectivity index (χ4n) is 2.81. The molecule has 0 saturated heterocycles. The Morgan fingerprint density at radius 1 is 1.35 bits per heavy atom. The van der Waals surface area contributed by atoms with E-state index in [-0.39, 0.29) is 12.0 Å². The maximum absolute atomic E-state index is 11.4. The molecule has 100 valence electrons. The molecule has 3 nitrogen and oxygen atoms in total. The monoisotopic (exact) mass is 241 g/mol. The van der Waals surface area contributed by atoms with Gasteiger partial charge in [-0.3, -0.25) is 4.79 Å².